The van der Waals surface area contributed by atoms with Crippen LogP contribution in [0.3, 0.4) is 0 Å². The van der Waals surface area contributed by atoms with Crippen molar-refractivity contribution in [1.82, 2.24) is 8.77 Å². The highest BCUT2D eigenvalue weighted by atomic mass is 32.2. The Bertz CT molecular complexity index is 465. The summed E-state index contributed by atoms with van der Waals surface area (Å²) in [4.78, 5) is 12.2. The van der Waals surface area contributed by atoms with Crippen LogP contribution in [-0.2, 0) is 19.7 Å². The van der Waals surface area contributed by atoms with Crippen molar-refractivity contribution in [3.05, 3.63) is 0 Å². The topological polar surface area (TPSA) is 87.2 Å². The number of rotatable bonds is 3. The molecule has 2 saturated heterocycles. The first-order valence-corrected chi connectivity index (χ1v) is 8.83. The van der Waals surface area contributed by atoms with Gasteiger partial charge in [0.2, 0.25) is 0 Å². The van der Waals surface area contributed by atoms with Crippen LogP contribution in [-0.4, -0.2) is 54.6 Å². The van der Waals surface area contributed by atoms with Gasteiger partial charge in [-0.05, 0) is 31.1 Å². The first-order valence-electron chi connectivity index (χ1n) is 7.43. The van der Waals surface area contributed by atoms with E-state index in [9.17, 15) is 18.4 Å². The summed E-state index contributed by atoms with van der Waals surface area (Å²) in [6.45, 7) is 5.46. The van der Waals surface area contributed by atoms with E-state index in [0.29, 0.717) is 39.1 Å². The second-order valence-corrected chi connectivity index (χ2v) is 8.00. The molecular weight excluding hydrogens is 296 g/mol. The van der Waals surface area contributed by atoms with Crippen LogP contribution in [0.15, 0.2) is 0 Å². The van der Waals surface area contributed by atoms with Gasteiger partial charge in [0.1, 0.15) is 0 Å². The normalized spacial score (nSPS) is 29.3. The van der Waals surface area contributed by atoms with Gasteiger partial charge in [-0.3, -0.25) is 10.0 Å². The monoisotopic (exact) mass is 320 g/mol. The molecule has 0 aromatic rings. The molecule has 2 aliphatic rings. The van der Waals surface area contributed by atoms with E-state index in [0.717, 1.165) is 6.42 Å². The number of nitrogens with zero attached hydrogens (tertiary/aromatic N) is 2. The van der Waals surface area contributed by atoms with E-state index in [2.05, 4.69) is 0 Å². The summed E-state index contributed by atoms with van der Waals surface area (Å²) < 4.78 is 31.1. The minimum absolute atomic E-state index is 0.0479. The third kappa shape index (κ3) is 3.74. The standard InChI is InChI=1S/C13H24N2O5S/c1-10-7-11(2)9-14(8-10)21(18,19)15(17)13(16)12-3-5-20-6-4-12/h10-12,17H,3-9H2,1-2H3. The van der Waals surface area contributed by atoms with Crippen LogP contribution in [0, 0.1) is 17.8 Å². The number of amides is 1. The SMILES string of the molecule is CC1CC(C)CN(S(=O)(=O)N(O)C(=O)C2CCOCC2)C1. The first kappa shape index (κ1) is 16.7. The summed E-state index contributed by atoms with van der Waals surface area (Å²) in [6, 6.07) is 0. The van der Waals surface area contributed by atoms with Gasteiger partial charge < -0.3 is 4.74 Å². The van der Waals surface area contributed by atoms with Crippen molar-refractivity contribution in [2.75, 3.05) is 26.3 Å². The van der Waals surface area contributed by atoms with E-state index in [1.54, 1.807) is 0 Å². The molecule has 0 radical (unpaired) electrons. The predicted octanol–water partition coefficient (Wildman–Crippen LogP) is 0.853. The zero-order valence-electron chi connectivity index (χ0n) is 12.6. The maximum atomic E-state index is 12.4. The molecule has 0 aromatic carbocycles. The molecule has 7 nitrogen and oxygen atoms in total. The fourth-order valence-electron chi connectivity index (χ4n) is 3.12. The van der Waals surface area contributed by atoms with E-state index in [1.807, 2.05) is 13.8 Å². The summed E-state index contributed by atoms with van der Waals surface area (Å²) in [5, 5.41) is 9.94. The van der Waals surface area contributed by atoms with E-state index >= 15 is 0 Å². The number of hydrogen-bond acceptors (Lipinski definition) is 5. The highest BCUT2D eigenvalue weighted by molar-refractivity contribution is 7.87. The van der Waals surface area contributed by atoms with Crippen molar-refractivity contribution < 1.29 is 23.2 Å². The molecule has 1 N–H and O–H groups in total. The Morgan fingerprint density at radius 2 is 1.71 bits per heavy atom. The average Bonchev–Trinajstić information content (AvgIpc) is 2.45. The molecule has 0 aliphatic carbocycles. The van der Waals surface area contributed by atoms with Crippen LogP contribution in [0.4, 0.5) is 0 Å². The molecule has 0 bridgehead atoms. The average molecular weight is 320 g/mol. The largest absolute Gasteiger partial charge is 0.381 e. The van der Waals surface area contributed by atoms with Crippen LogP contribution in [0.2, 0.25) is 0 Å². The Hall–Kier alpha value is -0.700. The van der Waals surface area contributed by atoms with Crippen LogP contribution in [0.5, 0.6) is 0 Å². The first-order chi connectivity index (χ1) is 9.82. The van der Waals surface area contributed by atoms with Crippen molar-refractivity contribution in [2.24, 2.45) is 17.8 Å². The molecule has 2 fully saturated rings. The summed E-state index contributed by atoms with van der Waals surface area (Å²) in [5.41, 5.74) is 0. The zero-order valence-corrected chi connectivity index (χ0v) is 13.4. The van der Waals surface area contributed by atoms with E-state index < -0.39 is 22.0 Å². The van der Waals surface area contributed by atoms with Crippen LogP contribution in [0.25, 0.3) is 0 Å². The Morgan fingerprint density at radius 3 is 2.24 bits per heavy atom. The maximum absolute atomic E-state index is 12.4. The second kappa shape index (κ2) is 6.60. The van der Waals surface area contributed by atoms with Gasteiger partial charge in [0.25, 0.3) is 5.91 Å². The predicted molar refractivity (Wildman–Crippen MR) is 75.6 cm³/mol. The van der Waals surface area contributed by atoms with Gasteiger partial charge in [0.05, 0.1) is 0 Å². The maximum Gasteiger partial charge on any atom is 0.329 e. The summed E-state index contributed by atoms with van der Waals surface area (Å²) >= 11 is 0. The lowest BCUT2D eigenvalue weighted by Crippen LogP contribution is -2.51. The van der Waals surface area contributed by atoms with Crippen LogP contribution < -0.4 is 0 Å². The van der Waals surface area contributed by atoms with Crippen molar-refractivity contribution >= 4 is 16.1 Å². The minimum atomic E-state index is -4.14. The van der Waals surface area contributed by atoms with Gasteiger partial charge in [-0.15, -0.1) is 0 Å². The van der Waals surface area contributed by atoms with Crippen LogP contribution >= 0.6 is 0 Å². The minimum Gasteiger partial charge on any atom is -0.381 e. The molecule has 1 amide bonds. The molecular formula is C13H24N2O5S. The van der Waals surface area contributed by atoms with E-state index in [1.165, 1.54) is 4.31 Å². The van der Waals surface area contributed by atoms with Crippen molar-refractivity contribution in [3.8, 4) is 0 Å². The Morgan fingerprint density at radius 1 is 1.19 bits per heavy atom. The Kier molecular flexibility index (Phi) is 5.24. The van der Waals surface area contributed by atoms with Gasteiger partial charge >= 0.3 is 10.2 Å². The third-order valence-electron chi connectivity index (χ3n) is 4.14. The molecule has 0 spiro atoms. The molecule has 2 unspecified atom stereocenters. The van der Waals surface area contributed by atoms with E-state index in [4.69, 9.17) is 4.74 Å². The third-order valence-corrected chi connectivity index (χ3v) is 5.71. The lowest BCUT2D eigenvalue weighted by molar-refractivity contribution is -0.154. The molecule has 8 heteroatoms. The Labute approximate surface area is 126 Å². The fraction of sp³-hybridized carbons (Fsp3) is 0.923. The van der Waals surface area contributed by atoms with Gasteiger partial charge in [-0.25, -0.2) is 0 Å². The number of carbonyl (C=O) groups excluding carboxylic acids is 1. The van der Waals surface area contributed by atoms with Crippen molar-refractivity contribution in [3.63, 3.8) is 0 Å². The highest BCUT2D eigenvalue weighted by Crippen LogP contribution is 2.26. The number of piperidine rings is 1. The zero-order chi connectivity index (χ0) is 15.6. The molecule has 2 aliphatic heterocycles. The van der Waals surface area contributed by atoms with Gasteiger partial charge in [0, 0.05) is 32.2 Å². The summed E-state index contributed by atoms with van der Waals surface area (Å²) in [6.07, 6.45) is 1.84. The lowest BCUT2D eigenvalue weighted by atomic mass is 9.94. The van der Waals surface area contributed by atoms with Crippen molar-refractivity contribution in [1.29, 1.82) is 0 Å². The Balaban J connectivity index is 2.08. The van der Waals surface area contributed by atoms with Gasteiger partial charge in [-0.2, -0.15) is 12.7 Å². The van der Waals surface area contributed by atoms with Crippen LogP contribution in [0.1, 0.15) is 33.1 Å². The highest BCUT2D eigenvalue weighted by Gasteiger charge is 2.39. The molecule has 21 heavy (non-hydrogen) atoms. The summed E-state index contributed by atoms with van der Waals surface area (Å²) in [5.74, 6) is -0.799. The molecule has 0 aromatic heterocycles. The molecule has 0 saturated carbocycles. The number of ether oxygens (including phenoxy) is 1. The summed E-state index contributed by atoms with van der Waals surface area (Å²) in [7, 11) is -4.14. The molecule has 122 valence electrons. The second-order valence-electron chi connectivity index (χ2n) is 6.24. The van der Waals surface area contributed by atoms with Gasteiger partial charge in [0.15, 0.2) is 0 Å². The molecule has 2 heterocycles. The molecule has 2 rings (SSSR count). The van der Waals surface area contributed by atoms with E-state index in [-0.39, 0.29) is 16.3 Å². The lowest BCUT2D eigenvalue weighted by Gasteiger charge is -2.36. The smallest absolute Gasteiger partial charge is 0.329 e. The number of hydrogen-bond donors (Lipinski definition) is 1. The van der Waals surface area contributed by atoms with Crippen molar-refractivity contribution in [2.45, 2.75) is 33.1 Å². The quantitative estimate of drug-likeness (QED) is 0.615. The number of hydroxylamine groups is 1. The molecule has 2 atom stereocenters. The van der Waals surface area contributed by atoms with Gasteiger partial charge in [-0.1, -0.05) is 18.3 Å². The fourth-order valence-corrected chi connectivity index (χ4v) is 4.60. The number of carbonyl (C=O) groups is 1.